The zero-order valence-electron chi connectivity index (χ0n) is 8.44. The molecule has 1 saturated heterocycles. The molecule has 0 aromatic carbocycles. The second kappa shape index (κ2) is 4.00. The molecule has 1 unspecified atom stereocenters. The Kier molecular flexibility index (Phi) is 2.72. The lowest BCUT2D eigenvalue weighted by atomic mass is 10.0. The van der Waals surface area contributed by atoms with Crippen molar-refractivity contribution in [3.8, 4) is 0 Å². The standard InChI is InChI=1S/C10H16N2O2/c1-8-4-2-3-5-12(8)10-11-9(6-13)7-14-10/h7-8,13H,2-6H2,1H3. The Labute approximate surface area is 83.5 Å². The molecule has 2 heterocycles. The molecule has 0 aliphatic carbocycles. The lowest BCUT2D eigenvalue weighted by Gasteiger charge is -2.31. The molecule has 1 aliphatic rings. The van der Waals surface area contributed by atoms with E-state index in [4.69, 9.17) is 9.52 Å². The first-order chi connectivity index (χ1) is 6.81. The van der Waals surface area contributed by atoms with Crippen molar-refractivity contribution in [2.45, 2.75) is 38.8 Å². The molecule has 0 radical (unpaired) electrons. The van der Waals surface area contributed by atoms with Crippen LogP contribution in [-0.2, 0) is 6.61 Å². The van der Waals surface area contributed by atoms with Crippen LogP contribution >= 0.6 is 0 Å². The van der Waals surface area contributed by atoms with Gasteiger partial charge in [0, 0.05) is 12.6 Å². The number of nitrogens with zero attached hydrogens (tertiary/aromatic N) is 2. The highest BCUT2D eigenvalue weighted by Crippen LogP contribution is 2.23. The van der Waals surface area contributed by atoms with E-state index in [9.17, 15) is 0 Å². The van der Waals surface area contributed by atoms with Crippen LogP contribution in [0.2, 0.25) is 0 Å². The summed E-state index contributed by atoms with van der Waals surface area (Å²) in [4.78, 5) is 6.38. The highest BCUT2D eigenvalue weighted by molar-refractivity contribution is 5.29. The van der Waals surface area contributed by atoms with Gasteiger partial charge < -0.3 is 14.4 Å². The first-order valence-corrected chi connectivity index (χ1v) is 5.13. The Bertz CT molecular complexity index is 298. The molecule has 4 nitrogen and oxygen atoms in total. The highest BCUT2D eigenvalue weighted by atomic mass is 16.4. The Morgan fingerprint density at radius 1 is 1.64 bits per heavy atom. The second-order valence-electron chi connectivity index (χ2n) is 3.82. The maximum absolute atomic E-state index is 8.87. The molecule has 1 atom stereocenters. The van der Waals surface area contributed by atoms with Crippen molar-refractivity contribution >= 4 is 6.01 Å². The molecule has 0 amide bonds. The Balaban J connectivity index is 2.12. The van der Waals surface area contributed by atoms with Crippen LogP contribution < -0.4 is 4.90 Å². The predicted octanol–water partition coefficient (Wildman–Crippen LogP) is 1.55. The molecule has 4 heteroatoms. The van der Waals surface area contributed by atoms with Gasteiger partial charge in [-0.1, -0.05) is 0 Å². The number of oxazole rings is 1. The van der Waals surface area contributed by atoms with Gasteiger partial charge in [0.05, 0.1) is 6.61 Å². The van der Waals surface area contributed by atoms with Crippen LogP contribution in [0.1, 0.15) is 31.9 Å². The third kappa shape index (κ3) is 1.75. The maximum Gasteiger partial charge on any atom is 0.297 e. The Morgan fingerprint density at radius 2 is 2.50 bits per heavy atom. The van der Waals surface area contributed by atoms with Gasteiger partial charge in [-0.25, -0.2) is 0 Å². The molecule has 1 aromatic heterocycles. The minimum atomic E-state index is -0.0499. The van der Waals surface area contributed by atoms with E-state index in [2.05, 4.69) is 16.8 Å². The molecule has 1 N–H and O–H groups in total. The average molecular weight is 196 g/mol. The fourth-order valence-corrected chi connectivity index (χ4v) is 1.88. The van der Waals surface area contributed by atoms with Crippen LogP contribution in [0.25, 0.3) is 0 Å². The van der Waals surface area contributed by atoms with Crippen LogP contribution in [-0.4, -0.2) is 22.7 Å². The molecule has 14 heavy (non-hydrogen) atoms. The lowest BCUT2D eigenvalue weighted by molar-refractivity contribution is 0.276. The molecule has 0 saturated carbocycles. The predicted molar refractivity (Wildman–Crippen MR) is 53.1 cm³/mol. The van der Waals surface area contributed by atoms with Gasteiger partial charge in [0.25, 0.3) is 6.01 Å². The van der Waals surface area contributed by atoms with Gasteiger partial charge >= 0.3 is 0 Å². The number of hydrogen-bond acceptors (Lipinski definition) is 4. The van der Waals surface area contributed by atoms with Crippen molar-refractivity contribution in [3.05, 3.63) is 12.0 Å². The zero-order chi connectivity index (χ0) is 9.97. The Morgan fingerprint density at radius 3 is 3.14 bits per heavy atom. The number of aromatic nitrogens is 1. The van der Waals surface area contributed by atoms with E-state index >= 15 is 0 Å². The summed E-state index contributed by atoms with van der Waals surface area (Å²) < 4.78 is 5.32. The van der Waals surface area contributed by atoms with Crippen LogP contribution in [0.3, 0.4) is 0 Å². The van der Waals surface area contributed by atoms with Crippen LogP contribution in [0.5, 0.6) is 0 Å². The average Bonchev–Trinajstić information content (AvgIpc) is 2.67. The quantitative estimate of drug-likeness (QED) is 0.779. The largest absolute Gasteiger partial charge is 0.432 e. The molecule has 1 fully saturated rings. The summed E-state index contributed by atoms with van der Waals surface area (Å²) in [6.07, 6.45) is 5.19. The van der Waals surface area contributed by atoms with Crippen molar-refractivity contribution in [2.75, 3.05) is 11.4 Å². The fraction of sp³-hybridized carbons (Fsp3) is 0.700. The number of aliphatic hydroxyl groups is 1. The van der Waals surface area contributed by atoms with Gasteiger partial charge in [-0.15, -0.1) is 0 Å². The summed E-state index contributed by atoms with van der Waals surface area (Å²) in [5.74, 6) is 0. The van der Waals surface area contributed by atoms with Gasteiger partial charge in [-0.3, -0.25) is 0 Å². The zero-order valence-corrected chi connectivity index (χ0v) is 8.44. The number of anilines is 1. The molecule has 1 aromatic rings. The van der Waals surface area contributed by atoms with E-state index in [0.29, 0.717) is 17.8 Å². The van der Waals surface area contributed by atoms with Gasteiger partial charge in [-0.05, 0) is 26.2 Å². The first kappa shape index (κ1) is 9.52. The van der Waals surface area contributed by atoms with Gasteiger partial charge in [0.1, 0.15) is 12.0 Å². The highest BCUT2D eigenvalue weighted by Gasteiger charge is 2.22. The van der Waals surface area contributed by atoms with Crippen molar-refractivity contribution in [1.82, 2.24) is 4.98 Å². The first-order valence-electron chi connectivity index (χ1n) is 5.13. The summed E-state index contributed by atoms with van der Waals surface area (Å²) in [6, 6.07) is 1.15. The monoisotopic (exact) mass is 196 g/mol. The number of piperidine rings is 1. The van der Waals surface area contributed by atoms with E-state index in [0.717, 1.165) is 6.54 Å². The topological polar surface area (TPSA) is 49.5 Å². The van der Waals surface area contributed by atoms with Crippen LogP contribution in [0, 0.1) is 0 Å². The third-order valence-electron chi connectivity index (χ3n) is 2.75. The molecule has 1 aliphatic heterocycles. The van der Waals surface area contributed by atoms with E-state index in [1.54, 1.807) is 0 Å². The van der Waals surface area contributed by atoms with E-state index in [1.165, 1.54) is 25.5 Å². The number of rotatable bonds is 2. The Hall–Kier alpha value is -1.03. The summed E-state index contributed by atoms with van der Waals surface area (Å²) in [7, 11) is 0. The summed E-state index contributed by atoms with van der Waals surface area (Å²) in [6.45, 7) is 3.14. The van der Waals surface area contributed by atoms with Crippen molar-refractivity contribution in [2.24, 2.45) is 0 Å². The van der Waals surface area contributed by atoms with Gasteiger partial charge in [0.2, 0.25) is 0 Å². The summed E-state index contributed by atoms with van der Waals surface area (Å²) in [5.41, 5.74) is 0.609. The minimum absolute atomic E-state index is 0.0499. The van der Waals surface area contributed by atoms with Crippen molar-refractivity contribution < 1.29 is 9.52 Å². The van der Waals surface area contributed by atoms with E-state index in [1.807, 2.05) is 0 Å². The fourth-order valence-electron chi connectivity index (χ4n) is 1.88. The third-order valence-corrected chi connectivity index (χ3v) is 2.75. The molecule has 2 rings (SSSR count). The smallest absolute Gasteiger partial charge is 0.297 e. The van der Waals surface area contributed by atoms with E-state index in [-0.39, 0.29) is 6.61 Å². The van der Waals surface area contributed by atoms with Crippen LogP contribution in [0.4, 0.5) is 6.01 Å². The maximum atomic E-state index is 8.87. The van der Waals surface area contributed by atoms with Crippen molar-refractivity contribution in [1.29, 1.82) is 0 Å². The molecular formula is C10H16N2O2. The SMILES string of the molecule is CC1CCCCN1c1nc(CO)co1. The minimum Gasteiger partial charge on any atom is -0.432 e. The number of aliphatic hydroxyl groups excluding tert-OH is 1. The molecule has 78 valence electrons. The second-order valence-corrected chi connectivity index (χ2v) is 3.82. The molecule has 0 spiro atoms. The normalized spacial score (nSPS) is 22.7. The van der Waals surface area contributed by atoms with Gasteiger partial charge in [-0.2, -0.15) is 4.98 Å². The number of hydrogen-bond donors (Lipinski definition) is 1. The molecule has 0 bridgehead atoms. The lowest BCUT2D eigenvalue weighted by Crippen LogP contribution is -2.37. The summed E-state index contributed by atoms with van der Waals surface area (Å²) in [5, 5.41) is 8.87. The van der Waals surface area contributed by atoms with Crippen molar-refractivity contribution in [3.63, 3.8) is 0 Å². The van der Waals surface area contributed by atoms with E-state index < -0.39 is 0 Å². The van der Waals surface area contributed by atoms with Gasteiger partial charge in [0.15, 0.2) is 0 Å². The molecular weight excluding hydrogens is 180 g/mol. The summed E-state index contributed by atoms with van der Waals surface area (Å²) >= 11 is 0. The van der Waals surface area contributed by atoms with Crippen LogP contribution in [0.15, 0.2) is 10.7 Å².